The number of aliphatic hydroxyl groups excluding tert-OH is 1. The van der Waals surface area contributed by atoms with E-state index in [4.69, 9.17) is 0 Å². The molecule has 0 radical (unpaired) electrons. The summed E-state index contributed by atoms with van der Waals surface area (Å²) in [6, 6.07) is 0. The zero-order valence-corrected chi connectivity index (χ0v) is 14.1. The molecule has 7 atom stereocenters. The second-order valence-electron chi connectivity index (χ2n) is 9.40. The maximum Gasteiger partial charge on any atom is 0.0464 e. The Morgan fingerprint density at radius 1 is 0.810 bits per heavy atom. The van der Waals surface area contributed by atoms with Gasteiger partial charge in [0.25, 0.3) is 0 Å². The van der Waals surface area contributed by atoms with E-state index in [0.29, 0.717) is 23.4 Å². The van der Waals surface area contributed by atoms with Gasteiger partial charge in [-0.2, -0.15) is 0 Å². The first kappa shape index (κ1) is 14.5. The van der Waals surface area contributed by atoms with Gasteiger partial charge in [0.2, 0.25) is 0 Å². The lowest BCUT2D eigenvalue weighted by Crippen LogP contribution is -2.52. The van der Waals surface area contributed by atoms with Gasteiger partial charge in [0.15, 0.2) is 0 Å². The van der Waals surface area contributed by atoms with E-state index in [1.807, 2.05) is 0 Å². The first-order valence-corrected chi connectivity index (χ1v) is 9.70. The van der Waals surface area contributed by atoms with Gasteiger partial charge in [-0.25, -0.2) is 0 Å². The summed E-state index contributed by atoms with van der Waals surface area (Å²) in [5.74, 6) is 4.55. The summed E-state index contributed by atoms with van der Waals surface area (Å²) >= 11 is 0. The molecule has 0 saturated heterocycles. The lowest BCUT2D eigenvalue weighted by Gasteiger charge is -2.60. The van der Waals surface area contributed by atoms with Crippen LogP contribution in [0.3, 0.4) is 0 Å². The quantitative estimate of drug-likeness (QED) is 0.718. The third-order valence-corrected chi connectivity index (χ3v) is 9.00. The average molecular weight is 290 g/mol. The molecule has 21 heavy (non-hydrogen) atoms. The van der Waals surface area contributed by atoms with Gasteiger partial charge in [0.1, 0.15) is 0 Å². The highest BCUT2D eigenvalue weighted by Crippen LogP contribution is 2.67. The van der Waals surface area contributed by atoms with Crippen molar-refractivity contribution in [2.75, 3.05) is 6.61 Å². The molecule has 0 bridgehead atoms. The summed E-state index contributed by atoms with van der Waals surface area (Å²) < 4.78 is 0. The van der Waals surface area contributed by atoms with Crippen LogP contribution in [-0.2, 0) is 0 Å². The molecule has 0 spiro atoms. The number of fused-ring (bicyclic) bond motifs is 5. The Bertz CT molecular complexity index is 405. The Morgan fingerprint density at radius 2 is 1.62 bits per heavy atom. The zero-order chi connectivity index (χ0) is 14.7. The standard InChI is InChI=1S/C20H34O/c1-19-11-4-3-5-14(19)6-8-16-17-9-7-15(13-21)20(17,2)12-10-18(16)19/h14-18,21H,3-13H2,1-2H3/t14?,15?,16-,17-,18+,19-,20+/m0/s1. The van der Waals surface area contributed by atoms with Crippen molar-refractivity contribution >= 4 is 0 Å². The van der Waals surface area contributed by atoms with E-state index < -0.39 is 0 Å². The largest absolute Gasteiger partial charge is 0.396 e. The Hall–Kier alpha value is -0.0400. The molecule has 0 heterocycles. The number of rotatable bonds is 1. The number of hydrogen-bond acceptors (Lipinski definition) is 1. The third-order valence-electron chi connectivity index (χ3n) is 9.00. The van der Waals surface area contributed by atoms with E-state index in [1.54, 1.807) is 0 Å². The van der Waals surface area contributed by atoms with Gasteiger partial charge in [-0.1, -0.05) is 26.7 Å². The predicted molar refractivity (Wildman–Crippen MR) is 86.9 cm³/mol. The predicted octanol–water partition coefficient (Wildman–Crippen LogP) is 5.03. The summed E-state index contributed by atoms with van der Waals surface area (Å²) in [7, 11) is 0. The van der Waals surface area contributed by atoms with Crippen LogP contribution in [0.5, 0.6) is 0 Å². The Kier molecular flexibility index (Phi) is 3.45. The average Bonchev–Trinajstić information content (AvgIpc) is 2.83. The molecule has 1 nitrogen and oxygen atoms in total. The fourth-order valence-corrected chi connectivity index (χ4v) is 7.70. The molecule has 1 N–H and O–H groups in total. The Morgan fingerprint density at radius 3 is 2.43 bits per heavy atom. The maximum absolute atomic E-state index is 9.80. The molecule has 2 unspecified atom stereocenters. The van der Waals surface area contributed by atoms with Crippen molar-refractivity contribution in [1.82, 2.24) is 0 Å². The molecule has 1 heteroatoms. The summed E-state index contributed by atoms with van der Waals surface area (Å²) in [6.45, 7) is 5.62. The summed E-state index contributed by atoms with van der Waals surface area (Å²) in [4.78, 5) is 0. The molecule has 4 aliphatic carbocycles. The zero-order valence-electron chi connectivity index (χ0n) is 14.1. The van der Waals surface area contributed by atoms with Crippen molar-refractivity contribution in [3.63, 3.8) is 0 Å². The Balaban J connectivity index is 1.62. The third kappa shape index (κ3) is 1.92. The minimum atomic E-state index is 0.435. The van der Waals surface area contributed by atoms with Crippen LogP contribution < -0.4 is 0 Å². The van der Waals surface area contributed by atoms with Crippen LogP contribution in [0.1, 0.15) is 78.1 Å². The monoisotopic (exact) mass is 290 g/mol. The Labute approximate surface area is 130 Å². The summed E-state index contributed by atoms with van der Waals surface area (Å²) in [5, 5.41) is 9.80. The van der Waals surface area contributed by atoms with Gasteiger partial charge < -0.3 is 5.11 Å². The number of aliphatic hydroxyl groups is 1. The van der Waals surface area contributed by atoms with Crippen LogP contribution in [0.4, 0.5) is 0 Å². The van der Waals surface area contributed by atoms with Crippen molar-refractivity contribution in [2.45, 2.75) is 78.1 Å². The lowest BCUT2D eigenvalue weighted by atomic mass is 9.45. The van der Waals surface area contributed by atoms with E-state index in [9.17, 15) is 5.11 Å². The summed E-state index contributed by atoms with van der Waals surface area (Å²) in [6.07, 6.45) is 14.6. The van der Waals surface area contributed by atoms with Crippen LogP contribution in [0.15, 0.2) is 0 Å². The van der Waals surface area contributed by atoms with Crippen LogP contribution >= 0.6 is 0 Å². The highest BCUT2D eigenvalue weighted by Gasteiger charge is 2.59. The van der Waals surface area contributed by atoms with Gasteiger partial charge >= 0.3 is 0 Å². The van der Waals surface area contributed by atoms with Crippen molar-refractivity contribution in [3.8, 4) is 0 Å². The van der Waals surface area contributed by atoms with Gasteiger partial charge in [-0.05, 0) is 91.8 Å². The first-order valence-electron chi connectivity index (χ1n) is 9.70. The molecule has 4 saturated carbocycles. The van der Waals surface area contributed by atoms with Gasteiger partial charge in [-0.3, -0.25) is 0 Å². The molecular formula is C20H34O. The van der Waals surface area contributed by atoms with Crippen molar-refractivity contribution in [3.05, 3.63) is 0 Å². The van der Waals surface area contributed by atoms with Crippen LogP contribution in [-0.4, -0.2) is 11.7 Å². The highest BCUT2D eigenvalue weighted by molar-refractivity contribution is 5.08. The van der Waals surface area contributed by atoms with Crippen molar-refractivity contribution in [1.29, 1.82) is 0 Å². The maximum atomic E-state index is 9.80. The second-order valence-corrected chi connectivity index (χ2v) is 9.40. The normalized spacial score (nSPS) is 56.4. The molecule has 0 aliphatic heterocycles. The van der Waals surface area contributed by atoms with Gasteiger partial charge in [-0.15, -0.1) is 0 Å². The molecular weight excluding hydrogens is 256 g/mol. The van der Waals surface area contributed by atoms with Gasteiger partial charge in [0.05, 0.1) is 0 Å². The fraction of sp³-hybridized carbons (Fsp3) is 1.00. The molecule has 0 aromatic heterocycles. The molecule has 0 aromatic carbocycles. The molecule has 120 valence electrons. The minimum Gasteiger partial charge on any atom is -0.396 e. The van der Waals surface area contributed by atoms with E-state index in [2.05, 4.69) is 13.8 Å². The second kappa shape index (κ2) is 4.98. The van der Waals surface area contributed by atoms with Crippen molar-refractivity contribution in [2.24, 2.45) is 40.4 Å². The lowest BCUT2D eigenvalue weighted by molar-refractivity contribution is -0.113. The van der Waals surface area contributed by atoms with E-state index in [1.165, 1.54) is 64.2 Å². The van der Waals surface area contributed by atoms with E-state index in [-0.39, 0.29) is 0 Å². The number of hydrogen-bond donors (Lipinski definition) is 1. The van der Waals surface area contributed by atoms with Crippen LogP contribution in [0.2, 0.25) is 0 Å². The molecule has 0 amide bonds. The molecule has 4 aliphatic rings. The highest BCUT2D eigenvalue weighted by atomic mass is 16.3. The van der Waals surface area contributed by atoms with Crippen LogP contribution in [0.25, 0.3) is 0 Å². The topological polar surface area (TPSA) is 20.2 Å². The van der Waals surface area contributed by atoms with E-state index >= 15 is 0 Å². The fourth-order valence-electron chi connectivity index (χ4n) is 7.70. The molecule has 4 fully saturated rings. The molecule has 0 aromatic rings. The first-order chi connectivity index (χ1) is 10.1. The van der Waals surface area contributed by atoms with Crippen LogP contribution in [0, 0.1) is 40.4 Å². The SMILES string of the molecule is C[C@]12CCCCC1CC[C@@H]1[C@H]2CC[C@]2(C)C(CO)CC[C@@H]12. The van der Waals surface area contributed by atoms with Crippen molar-refractivity contribution < 1.29 is 5.11 Å². The smallest absolute Gasteiger partial charge is 0.0464 e. The van der Waals surface area contributed by atoms with Gasteiger partial charge in [0, 0.05) is 6.61 Å². The summed E-state index contributed by atoms with van der Waals surface area (Å²) in [5.41, 5.74) is 1.13. The molecule has 4 rings (SSSR count). The minimum absolute atomic E-state index is 0.435. The van der Waals surface area contributed by atoms with E-state index in [0.717, 1.165) is 23.7 Å².